The monoisotopic (exact) mass is 642 g/mol. The first kappa shape index (κ1) is 31.7. The van der Waals surface area contributed by atoms with Crippen molar-refractivity contribution in [3.05, 3.63) is 201 Å². The van der Waals surface area contributed by atoms with E-state index in [0.717, 1.165) is 48.5 Å². The highest BCUT2D eigenvalue weighted by Gasteiger charge is 2.26. The van der Waals surface area contributed by atoms with Gasteiger partial charge in [-0.1, -0.05) is 18.2 Å². The molecule has 6 aromatic carbocycles. The van der Waals surface area contributed by atoms with Crippen LogP contribution in [0.3, 0.4) is 0 Å². The number of hydrogen-bond donors (Lipinski definition) is 0. The van der Waals surface area contributed by atoms with Crippen molar-refractivity contribution in [2.24, 2.45) is 0 Å². The molecule has 0 saturated carbocycles. The molecular formula is C40H22F4O4. The number of carbonyl (C=O) groups is 4. The van der Waals surface area contributed by atoms with E-state index < -0.39 is 46.4 Å². The Morgan fingerprint density at radius 1 is 0.354 bits per heavy atom. The molecule has 0 atom stereocenters. The molecule has 0 aliphatic rings. The van der Waals surface area contributed by atoms with E-state index in [2.05, 4.69) is 0 Å². The summed E-state index contributed by atoms with van der Waals surface area (Å²) in [5, 5.41) is 0. The summed E-state index contributed by atoms with van der Waals surface area (Å²) >= 11 is 0. The van der Waals surface area contributed by atoms with Gasteiger partial charge in [-0.25, -0.2) is 17.6 Å². The zero-order valence-corrected chi connectivity index (χ0v) is 24.8. The smallest absolute Gasteiger partial charge is 0.194 e. The average Bonchev–Trinajstić information content (AvgIpc) is 3.11. The van der Waals surface area contributed by atoms with E-state index in [9.17, 15) is 36.7 Å². The van der Waals surface area contributed by atoms with Gasteiger partial charge in [-0.3, -0.25) is 19.2 Å². The molecule has 48 heavy (non-hydrogen) atoms. The van der Waals surface area contributed by atoms with Gasteiger partial charge in [0.05, 0.1) is 0 Å². The Hall–Kier alpha value is -6.28. The summed E-state index contributed by atoms with van der Waals surface area (Å²) in [6.07, 6.45) is 0. The van der Waals surface area contributed by atoms with Gasteiger partial charge in [0.15, 0.2) is 23.1 Å². The van der Waals surface area contributed by atoms with Crippen molar-refractivity contribution in [1.29, 1.82) is 0 Å². The van der Waals surface area contributed by atoms with Crippen LogP contribution in [0.4, 0.5) is 17.6 Å². The summed E-state index contributed by atoms with van der Waals surface area (Å²) < 4.78 is 54.9. The summed E-state index contributed by atoms with van der Waals surface area (Å²) in [5.74, 6) is -4.65. The fraction of sp³-hybridized carbons (Fsp3) is 0. The normalized spacial score (nSPS) is 10.8. The van der Waals surface area contributed by atoms with Gasteiger partial charge >= 0.3 is 0 Å². The van der Waals surface area contributed by atoms with Crippen LogP contribution >= 0.6 is 0 Å². The molecular weight excluding hydrogens is 620 g/mol. The SMILES string of the molecule is O=C(c1ccc(F)cc1)c1cc(C(=O)c2ccc(F)cc2)cc(-c2cccc(C(=O)c3ccc(F)cc3)c2C(=O)c2ccc(F)cc2)c1. The topological polar surface area (TPSA) is 68.3 Å². The third-order valence-corrected chi connectivity index (χ3v) is 7.73. The van der Waals surface area contributed by atoms with Gasteiger partial charge < -0.3 is 0 Å². The molecule has 6 aromatic rings. The Morgan fingerprint density at radius 2 is 0.708 bits per heavy atom. The van der Waals surface area contributed by atoms with Crippen LogP contribution in [0.15, 0.2) is 133 Å². The fourth-order valence-electron chi connectivity index (χ4n) is 5.31. The number of ketones is 4. The van der Waals surface area contributed by atoms with Gasteiger partial charge in [0, 0.05) is 44.5 Å². The first-order valence-corrected chi connectivity index (χ1v) is 14.6. The van der Waals surface area contributed by atoms with Gasteiger partial charge in [-0.2, -0.15) is 0 Å². The second-order valence-corrected chi connectivity index (χ2v) is 10.9. The fourth-order valence-corrected chi connectivity index (χ4v) is 5.31. The molecule has 234 valence electrons. The highest BCUT2D eigenvalue weighted by Crippen LogP contribution is 2.33. The van der Waals surface area contributed by atoms with Gasteiger partial charge in [0.2, 0.25) is 0 Å². The van der Waals surface area contributed by atoms with Crippen LogP contribution in [0.1, 0.15) is 63.7 Å². The molecule has 0 aliphatic carbocycles. The molecule has 0 fully saturated rings. The minimum atomic E-state index is -0.655. The molecule has 0 radical (unpaired) electrons. The predicted octanol–water partition coefficient (Wildman–Crippen LogP) is 8.83. The van der Waals surface area contributed by atoms with Crippen LogP contribution < -0.4 is 0 Å². The van der Waals surface area contributed by atoms with E-state index in [1.54, 1.807) is 0 Å². The molecule has 4 nitrogen and oxygen atoms in total. The van der Waals surface area contributed by atoms with E-state index in [4.69, 9.17) is 0 Å². The Kier molecular flexibility index (Phi) is 8.73. The summed E-state index contributed by atoms with van der Waals surface area (Å²) in [5.41, 5.74) is 0.618. The third-order valence-electron chi connectivity index (χ3n) is 7.73. The van der Waals surface area contributed by atoms with Crippen LogP contribution in [0.25, 0.3) is 11.1 Å². The first-order valence-electron chi connectivity index (χ1n) is 14.6. The number of hydrogen-bond acceptors (Lipinski definition) is 4. The highest BCUT2D eigenvalue weighted by molar-refractivity contribution is 6.23. The minimum absolute atomic E-state index is 0.0139. The molecule has 0 amide bonds. The molecule has 8 heteroatoms. The van der Waals surface area contributed by atoms with Crippen LogP contribution in [-0.2, 0) is 0 Å². The molecule has 0 bridgehead atoms. The number of halogens is 4. The van der Waals surface area contributed by atoms with Gasteiger partial charge in [-0.15, -0.1) is 0 Å². The molecule has 0 spiro atoms. The summed E-state index contributed by atoms with van der Waals surface area (Å²) in [6, 6.07) is 27.8. The Balaban J connectivity index is 1.59. The lowest BCUT2D eigenvalue weighted by atomic mass is 9.85. The minimum Gasteiger partial charge on any atom is -0.289 e. The van der Waals surface area contributed by atoms with Crippen LogP contribution in [-0.4, -0.2) is 23.1 Å². The summed E-state index contributed by atoms with van der Waals surface area (Å²) in [6.45, 7) is 0. The van der Waals surface area contributed by atoms with Crippen molar-refractivity contribution in [3.63, 3.8) is 0 Å². The van der Waals surface area contributed by atoms with Crippen molar-refractivity contribution < 1.29 is 36.7 Å². The van der Waals surface area contributed by atoms with Crippen LogP contribution in [0.5, 0.6) is 0 Å². The van der Waals surface area contributed by atoms with Gasteiger partial charge in [-0.05, 0) is 126 Å². The largest absolute Gasteiger partial charge is 0.289 e. The second-order valence-electron chi connectivity index (χ2n) is 10.9. The van der Waals surface area contributed by atoms with Crippen molar-refractivity contribution in [2.75, 3.05) is 0 Å². The quantitative estimate of drug-likeness (QED) is 0.117. The second kappa shape index (κ2) is 13.2. The Labute approximate surface area is 271 Å². The van der Waals surface area contributed by atoms with E-state index in [1.807, 2.05) is 0 Å². The maximum absolute atomic E-state index is 14.2. The zero-order valence-electron chi connectivity index (χ0n) is 24.8. The lowest BCUT2D eigenvalue weighted by Crippen LogP contribution is -2.14. The van der Waals surface area contributed by atoms with Crippen molar-refractivity contribution in [1.82, 2.24) is 0 Å². The summed E-state index contributed by atoms with van der Waals surface area (Å²) in [4.78, 5) is 55.4. The standard InChI is InChI=1S/C40H22F4O4/c41-30-12-4-23(5-13-30)37(45)28-20-27(21-29(22-28)38(46)24-6-14-31(42)15-7-24)34-2-1-3-35(39(47)25-8-16-32(43)17-9-25)36(34)40(48)26-10-18-33(44)19-11-26/h1-22H. The number of rotatable bonds is 9. The van der Waals surface area contributed by atoms with Crippen molar-refractivity contribution in [3.8, 4) is 11.1 Å². The van der Waals surface area contributed by atoms with E-state index >= 15 is 0 Å². The van der Waals surface area contributed by atoms with Gasteiger partial charge in [0.25, 0.3) is 0 Å². The van der Waals surface area contributed by atoms with E-state index in [0.29, 0.717) is 0 Å². The summed E-state index contributed by atoms with van der Waals surface area (Å²) in [7, 11) is 0. The average molecular weight is 643 g/mol. The molecule has 0 aromatic heterocycles. The maximum atomic E-state index is 14.2. The van der Waals surface area contributed by atoms with Crippen LogP contribution in [0, 0.1) is 23.3 Å². The molecule has 6 rings (SSSR count). The third kappa shape index (κ3) is 6.50. The molecule has 0 unspecified atom stereocenters. The van der Waals surface area contributed by atoms with Crippen molar-refractivity contribution in [2.45, 2.75) is 0 Å². The zero-order chi connectivity index (χ0) is 33.9. The Morgan fingerprint density at radius 3 is 1.10 bits per heavy atom. The highest BCUT2D eigenvalue weighted by atomic mass is 19.1. The maximum Gasteiger partial charge on any atom is 0.194 e. The molecule has 0 N–H and O–H groups in total. The predicted molar refractivity (Wildman–Crippen MR) is 171 cm³/mol. The first-order chi connectivity index (χ1) is 23.1. The molecule has 0 aliphatic heterocycles. The van der Waals surface area contributed by atoms with E-state index in [1.165, 1.54) is 84.9 Å². The molecule has 0 heterocycles. The lowest BCUT2D eigenvalue weighted by molar-refractivity contribution is 0.100. The lowest BCUT2D eigenvalue weighted by Gasteiger charge is -2.16. The van der Waals surface area contributed by atoms with E-state index in [-0.39, 0.29) is 55.6 Å². The van der Waals surface area contributed by atoms with Crippen LogP contribution in [0.2, 0.25) is 0 Å². The number of benzene rings is 6. The number of carbonyl (C=O) groups excluding carboxylic acids is 4. The van der Waals surface area contributed by atoms with Crippen molar-refractivity contribution >= 4 is 23.1 Å². The Bertz CT molecular complexity index is 2130. The molecule has 0 saturated heterocycles. The van der Waals surface area contributed by atoms with Gasteiger partial charge in [0.1, 0.15) is 23.3 Å².